The molecule has 124 valence electrons. The third kappa shape index (κ3) is 3.59. The molecule has 1 aromatic carbocycles. The van der Waals surface area contributed by atoms with Crippen LogP contribution in [0.4, 0.5) is 0 Å². The van der Waals surface area contributed by atoms with E-state index in [0.29, 0.717) is 12.3 Å². The van der Waals surface area contributed by atoms with Crippen LogP contribution >= 0.6 is 11.8 Å². The predicted molar refractivity (Wildman–Crippen MR) is 94.0 cm³/mol. The van der Waals surface area contributed by atoms with Crippen molar-refractivity contribution < 1.29 is 9.59 Å². The molecular weight excluding hydrogens is 322 g/mol. The van der Waals surface area contributed by atoms with Crippen LogP contribution in [0.5, 0.6) is 0 Å². The molecule has 0 bridgehead atoms. The first-order valence-corrected chi connectivity index (χ1v) is 8.84. The topological polar surface area (TPSA) is 62.3 Å². The zero-order valence-corrected chi connectivity index (χ0v) is 14.2. The molecule has 5 nitrogen and oxygen atoms in total. The number of amides is 2. The highest BCUT2D eigenvalue weighted by Gasteiger charge is 2.40. The van der Waals surface area contributed by atoms with Crippen LogP contribution in [0, 0.1) is 0 Å². The Kier molecular flexibility index (Phi) is 5.15. The first-order valence-electron chi connectivity index (χ1n) is 7.79. The van der Waals surface area contributed by atoms with Crippen LogP contribution in [0.3, 0.4) is 0 Å². The van der Waals surface area contributed by atoms with Gasteiger partial charge in [0.2, 0.25) is 11.8 Å². The van der Waals surface area contributed by atoms with Gasteiger partial charge in [0, 0.05) is 31.6 Å². The Hall–Kier alpha value is -2.34. The van der Waals surface area contributed by atoms with Gasteiger partial charge in [-0.1, -0.05) is 30.3 Å². The summed E-state index contributed by atoms with van der Waals surface area (Å²) in [6.45, 7) is 1.95. The first-order chi connectivity index (χ1) is 11.7. The molecule has 3 rings (SSSR count). The number of benzene rings is 1. The summed E-state index contributed by atoms with van der Waals surface area (Å²) >= 11 is 1.62. The van der Waals surface area contributed by atoms with Gasteiger partial charge in [0.1, 0.15) is 11.4 Å². The van der Waals surface area contributed by atoms with Crippen LogP contribution in [-0.2, 0) is 16.1 Å². The minimum Gasteiger partial charge on any atom is -0.350 e. The SMILES string of the molecule is CC(=O)N1C(C(=O)NCc2ccncc2)CSC1c1ccccc1. The maximum absolute atomic E-state index is 12.6. The van der Waals surface area contributed by atoms with Crippen molar-refractivity contribution in [3.8, 4) is 0 Å². The molecule has 2 unspecified atom stereocenters. The minimum atomic E-state index is -0.445. The summed E-state index contributed by atoms with van der Waals surface area (Å²) in [5, 5.41) is 2.81. The average Bonchev–Trinajstić information content (AvgIpc) is 3.07. The maximum Gasteiger partial charge on any atom is 0.243 e. The van der Waals surface area contributed by atoms with Gasteiger partial charge in [0.15, 0.2) is 0 Å². The van der Waals surface area contributed by atoms with Crippen molar-refractivity contribution in [3.05, 3.63) is 66.0 Å². The summed E-state index contributed by atoms with van der Waals surface area (Å²) < 4.78 is 0. The van der Waals surface area contributed by atoms with Gasteiger partial charge in [0.05, 0.1) is 0 Å². The second-order valence-electron chi connectivity index (χ2n) is 5.61. The van der Waals surface area contributed by atoms with Gasteiger partial charge in [-0.15, -0.1) is 11.8 Å². The van der Waals surface area contributed by atoms with E-state index in [2.05, 4.69) is 10.3 Å². The largest absolute Gasteiger partial charge is 0.350 e. The van der Waals surface area contributed by atoms with E-state index in [9.17, 15) is 9.59 Å². The molecule has 2 aromatic rings. The Bertz CT molecular complexity index is 709. The van der Waals surface area contributed by atoms with E-state index >= 15 is 0 Å². The minimum absolute atomic E-state index is 0.0853. The smallest absolute Gasteiger partial charge is 0.243 e. The molecule has 0 radical (unpaired) electrons. The number of thioether (sulfide) groups is 1. The van der Waals surface area contributed by atoms with E-state index in [1.54, 1.807) is 29.1 Å². The normalized spacial score (nSPS) is 20.0. The fourth-order valence-electron chi connectivity index (χ4n) is 2.78. The van der Waals surface area contributed by atoms with Crippen molar-refractivity contribution in [2.24, 2.45) is 0 Å². The van der Waals surface area contributed by atoms with Crippen LogP contribution < -0.4 is 5.32 Å². The fraction of sp³-hybridized carbons (Fsp3) is 0.278. The van der Waals surface area contributed by atoms with Crippen molar-refractivity contribution >= 4 is 23.6 Å². The third-order valence-electron chi connectivity index (χ3n) is 3.97. The van der Waals surface area contributed by atoms with E-state index in [1.165, 1.54) is 6.92 Å². The number of carbonyl (C=O) groups is 2. The number of hydrogen-bond donors (Lipinski definition) is 1. The molecule has 2 amide bonds. The van der Waals surface area contributed by atoms with Crippen molar-refractivity contribution in [1.82, 2.24) is 15.2 Å². The molecule has 1 fully saturated rings. The quantitative estimate of drug-likeness (QED) is 0.927. The third-order valence-corrected chi connectivity index (χ3v) is 5.29. The number of pyridine rings is 1. The molecule has 0 spiro atoms. The molecule has 24 heavy (non-hydrogen) atoms. The summed E-state index contributed by atoms with van der Waals surface area (Å²) in [6.07, 6.45) is 3.39. The van der Waals surface area contributed by atoms with Gasteiger partial charge in [-0.05, 0) is 23.3 Å². The zero-order valence-electron chi connectivity index (χ0n) is 13.4. The molecule has 2 atom stereocenters. The monoisotopic (exact) mass is 341 g/mol. The zero-order chi connectivity index (χ0) is 16.9. The highest BCUT2D eigenvalue weighted by atomic mass is 32.2. The van der Waals surface area contributed by atoms with Crippen LogP contribution in [0.25, 0.3) is 0 Å². The second-order valence-corrected chi connectivity index (χ2v) is 6.72. The lowest BCUT2D eigenvalue weighted by Crippen LogP contribution is -2.47. The van der Waals surface area contributed by atoms with Crippen molar-refractivity contribution in [2.75, 3.05) is 5.75 Å². The van der Waals surface area contributed by atoms with Crippen LogP contribution in [-0.4, -0.2) is 33.5 Å². The summed E-state index contributed by atoms with van der Waals surface area (Å²) in [7, 11) is 0. The molecule has 1 aromatic heterocycles. The molecule has 1 saturated heterocycles. The molecule has 6 heteroatoms. The van der Waals surface area contributed by atoms with Crippen LogP contribution in [0.15, 0.2) is 54.9 Å². The first kappa shape index (κ1) is 16.5. The molecule has 0 saturated carbocycles. The van der Waals surface area contributed by atoms with Gasteiger partial charge in [0.25, 0.3) is 0 Å². The van der Waals surface area contributed by atoms with Gasteiger partial charge in [-0.3, -0.25) is 14.6 Å². The van der Waals surface area contributed by atoms with E-state index in [-0.39, 0.29) is 17.2 Å². The highest BCUT2D eigenvalue weighted by molar-refractivity contribution is 7.99. The number of nitrogens with one attached hydrogen (secondary N) is 1. The fourth-order valence-corrected chi connectivity index (χ4v) is 4.26. The van der Waals surface area contributed by atoms with Gasteiger partial charge in [-0.2, -0.15) is 0 Å². The lowest BCUT2D eigenvalue weighted by atomic mass is 10.1. The average molecular weight is 341 g/mol. The van der Waals surface area contributed by atoms with Crippen molar-refractivity contribution in [2.45, 2.75) is 24.9 Å². The summed E-state index contributed by atoms with van der Waals surface area (Å²) in [4.78, 5) is 30.4. The van der Waals surface area contributed by atoms with Crippen LogP contribution in [0.2, 0.25) is 0 Å². The number of aromatic nitrogens is 1. The Balaban J connectivity index is 1.70. The summed E-state index contributed by atoms with van der Waals surface area (Å²) in [5.41, 5.74) is 2.03. The number of carbonyl (C=O) groups excluding carboxylic acids is 2. The van der Waals surface area contributed by atoms with Gasteiger partial charge < -0.3 is 10.2 Å². The van der Waals surface area contributed by atoms with E-state index in [0.717, 1.165) is 11.1 Å². The maximum atomic E-state index is 12.6. The number of nitrogens with zero attached hydrogens (tertiary/aromatic N) is 2. The van der Waals surface area contributed by atoms with E-state index in [4.69, 9.17) is 0 Å². The summed E-state index contributed by atoms with van der Waals surface area (Å²) in [6, 6.07) is 13.1. The van der Waals surface area contributed by atoms with Crippen LogP contribution in [0.1, 0.15) is 23.4 Å². The highest BCUT2D eigenvalue weighted by Crippen LogP contribution is 2.41. The van der Waals surface area contributed by atoms with Crippen molar-refractivity contribution in [3.63, 3.8) is 0 Å². The number of rotatable bonds is 4. The molecule has 1 N–H and O–H groups in total. The molecule has 2 heterocycles. The Morgan fingerprint density at radius 1 is 1.21 bits per heavy atom. The standard InChI is InChI=1S/C18H19N3O2S/c1-13(22)21-16(12-24-18(21)15-5-3-2-4-6-15)17(23)20-11-14-7-9-19-10-8-14/h2-10,16,18H,11-12H2,1H3,(H,20,23). The molecule has 1 aliphatic rings. The predicted octanol–water partition coefficient (Wildman–Crippen LogP) is 2.36. The molecular formula is C18H19N3O2S. The van der Waals surface area contributed by atoms with Gasteiger partial charge >= 0.3 is 0 Å². The lowest BCUT2D eigenvalue weighted by Gasteiger charge is -2.27. The number of hydrogen-bond acceptors (Lipinski definition) is 4. The lowest BCUT2D eigenvalue weighted by molar-refractivity contribution is -0.138. The Labute approximate surface area is 145 Å². The Morgan fingerprint density at radius 3 is 2.58 bits per heavy atom. The van der Waals surface area contributed by atoms with E-state index in [1.807, 2.05) is 42.5 Å². The summed E-state index contributed by atoms with van der Waals surface area (Å²) in [5.74, 6) is 0.396. The van der Waals surface area contributed by atoms with Crippen molar-refractivity contribution in [1.29, 1.82) is 0 Å². The Morgan fingerprint density at radius 2 is 1.92 bits per heavy atom. The van der Waals surface area contributed by atoms with E-state index < -0.39 is 6.04 Å². The van der Waals surface area contributed by atoms with Gasteiger partial charge in [-0.25, -0.2) is 0 Å². The second kappa shape index (κ2) is 7.49. The molecule has 1 aliphatic heterocycles. The molecule has 0 aliphatic carbocycles.